The molecule has 4 nitrogen and oxygen atoms in total. The molecular formula is C12H10N2O2. The van der Waals surface area contributed by atoms with Gasteiger partial charge in [0.15, 0.2) is 0 Å². The van der Waals surface area contributed by atoms with E-state index in [1.807, 2.05) is 30.3 Å². The highest BCUT2D eigenvalue weighted by Crippen LogP contribution is 2.14. The molecular weight excluding hydrogens is 204 g/mol. The highest BCUT2D eigenvalue weighted by Gasteiger charge is 2.00. The Balaban J connectivity index is 2.23. The fourth-order valence-electron chi connectivity index (χ4n) is 1.32. The van der Waals surface area contributed by atoms with E-state index < -0.39 is 5.97 Å². The third kappa shape index (κ3) is 2.36. The van der Waals surface area contributed by atoms with Crippen molar-refractivity contribution < 1.29 is 9.90 Å². The summed E-state index contributed by atoms with van der Waals surface area (Å²) in [6.45, 7) is 0. The molecule has 0 bridgehead atoms. The van der Waals surface area contributed by atoms with E-state index in [1.165, 1.54) is 6.08 Å². The van der Waals surface area contributed by atoms with Crippen molar-refractivity contribution in [3.05, 3.63) is 48.3 Å². The summed E-state index contributed by atoms with van der Waals surface area (Å²) in [5, 5.41) is 8.48. The van der Waals surface area contributed by atoms with E-state index >= 15 is 0 Å². The van der Waals surface area contributed by atoms with Crippen LogP contribution in [-0.2, 0) is 4.79 Å². The number of carboxylic acids is 1. The Labute approximate surface area is 92.3 Å². The fourth-order valence-corrected chi connectivity index (χ4v) is 1.32. The average molecular weight is 214 g/mol. The number of hydrogen-bond acceptors (Lipinski definition) is 2. The van der Waals surface area contributed by atoms with Crippen LogP contribution in [0.5, 0.6) is 0 Å². The van der Waals surface area contributed by atoms with Gasteiger partial charge in [-0.05, 0) is 6.08 Å². The lowest BCUT2D eigenvalue weighted by atomic mass is 10.2. The summed E-state index contributed by atoms with van der Waals surface area (Å²) >= 11 is 0. The number of aromatic amines is 1. The van der Waals surface area contributed by atoms with Gasteiger partial charge in [0.25, 0.3) is 0 Å². The van der Waals surface area contributed by atoms with Gasteiger partial charge in [-0.15, -0.1) is 0 Å². The van der Waals surface area contributed by atoms with Crippen LogP contribution in [0.3, 0.4) is 0 Å². The van der Waals surface area contributed by atoms with Gasteiger partial charge in [-0.2, -0.15) is 0 Å². The second kappa shape index (κ2) is 4.44. The number of imidazole rings is 1. The van der Waals surface area contributed by atoms with Gasteiger partial charge in [0, 0.05) is 11.6 Å². The molecule has 1 heterocycles. The van der Waals surface area contributed by atoms with Crippen LogP contribution in [-0.4, -0.2) is 21.0 Å². The van der Waals surface area contributed by atoms with Gasteiger partial charge in [-0.1, -0.05) is 30.3 Å². The van der Waals surface area contributed by atoms with Gasteiger partial charge in [-0.3, -0.25) is 0 Å². The van der Waals surface area contributed by atoms with Crippen molar-refractivity contribution in [2.75, 3.05) is 0 Å². The predicted molar refractivity (Wildman–Crippen MR) is 60.7 cm³/mol. The lowest BCUT2D eigenvalue weighted by Gasteiger charge is -1.93. The van der Waals surface area contributed by atoms with Crippen LogP contribution in [0.4, 0.5) is 0 Å². The van der Waals surface area contributed by atoms with Crippen molar-refractivity contribution in [2.24, 2.45) is 0 Å². The number of H-pyrrole nitrogens is 1. The van der Waals surface area contributed by atoms with Gasteiger partial charge in [0.2, 0.25) is 0 Å². The van der Waals surface area contributed by atoms with E-state index in [-0.39, 0.29) is 0 Å². The zero-order chi connectivity index (χ0) is 11.4. The molecule has 1 aromatic heterocycles. The zero-order valence-corrected chi connectivity index (χ0v) is 8.42. The molecule has 16 heavy (non-hydrogen) atoms. The number of rotatable bonds is 3. The summed E-state index contributed by atoms with van der Waals surface area (Å²) in [4.78, 5) is 17.5. The quantitative estimate of drug-likeness (QED) is 0.769. The van der Waals surface area contributed by atoms with Crippen LogP contribution < -0.4 is 0 Å². The van der Waals surface area contributed by atoms with E-state index in [9.17, 15) is 4.79 Å². The average Bonchev–Trinajstić information content (AvgIpc) is 2.76. The van der Waals surface area contributed by atoms with Gasteiger partial charge in [-0.25, -0.2) is 9.78 Å². The number of carboxylic acid groups (broad SMARTS) is 1. The molecule has 0 radical (unpaired) electrons. The van der Waals surface area contributed by atoms with E-state index in [2.05, 4.69) is 9.97 Å². The molecule has 80 valence electrons. The standard InChI is InChI=1S/C12H10N2O2/c15-11(16)7-6-10-8-13-12(14-10)9-4-2-1-3-5-9/h1-8H,(H,13,14)(H,15,16)/b7-6+. The number of aromatic nitrogens is 2. The fraction of sp³-hybridized carbons (Fsp3) is 0. The maximum atomic E-state index is 10.3. The van der Waals surface area contributed by atoms with Crippen molar-refractivity contribution in [2.45, 2.75) is 0 Å². The maximum Gasteiger partial charge on any atom is 0.328 e. The minimum atomic E-state index is -0.976. The molecule has 0 spiro atoms. The summed E-state index contributed by atoms with van der Waals surface area (Å²) in [6, 6.07) is 9.64. The van der Waals surface area contributed by atoms with E-state index in [0.29, 0.717) is 5.69 Å². The number of carbonyl (C=O) groups is 1. The number of aliphatic carboxylic acids is 1. The van der Waals surface area contributed by atoms with Crippen LogP contribution in [0.15, 0.2) is 42.6 Å². The first-order valence-corrected chi connectivity index (χ1v) is 4.77. The number of nitrogens with zero attached hydrogens (tertiary/aromatic N) is 1. The predicted octanol–water partition coefficient (Wildman–Crippen LogP) is 2.17. The molecule has 0 atom stereocenters. The number of benzene rings is 1. The van der Waals surface area contributed by atoms with E-state index in [0.717, 1.165) is 17.5 Å². The van der Waals surface area contributed by atoms with Crippen molar-refractivity contribution in [1.82, 2.24) is 9.97 Å². The normalized spacial score (nSPS) is 10.8. The molecule has 2 aromatic rings. The zero-order valence-electron chi connectivity index (χ0n) is 8.42. The summed E-state index contributed by atoms with van der Waals surface area (Å²) in [5.74, 6) is -0.249. The molecule has 4 heteroatoms. The van der Waals surface area contributed by atoms with Gasteiger partial charge in [0.05, 0.1) is 11.9 Å². The molecule has 0 aliphatic carbocycles. The molecule has 0 aliphatic heterocycles. The summed E-state index contributed by atoms with van der Waals surface area (Å²) in [6.07, 6.45) is 4.14. The van der Waals surface area contributed by atoms with Crippen LogP contribution in [0.2, 0.25) is 0 Å². The minimum absolute atomic E-state index is 0.668. The molecule has 0 saturated carbocycles. The highest BCUT2D eigenvalue weighted by atomic mass is 16.4. The molecule has 0 amide bonds. The third-order valence-corrected chi connectivity index (χ3v) is 2.05. The molecule has 0 aliphatic rings. The second-order valence-electron chi connectivity index (χ2n) is 3.22. The lowest BCUT2D eigenvalue weighted by Crippen LogP contribution is -1.85. The topological polar surface area (TPSA) is 66.0 Å². The van der Waals surface area contributed by atoms with Crippen molar-refractivity contribution in [3.63, 3.8) is 0 Å². The van der Waals surface area contributed by atoms with Crippen LogP contribution in [0.25, 0.3) is 17.5 Å². The van der Waals surface area contributed by atoms with Crippen molar-refractivity contribution in [1.29, 1.82) is 0 Å². The first kappa shape index (κ1) is 10.2. The SMILES string of the molecule is O=C(O)/C=C/c1cnc(-c2ccccc2)[nH]1. The lowest BCUT2D eigenvalue weighted by molar-refractivity contribution is -0.131. The second-order valence-corrected chi connectivity index (χ2v) is 3.22. The minimum Gasteiger partial charge on any atom is -0.478 e. The Morgan fingerprint density at radius 2 is 2.06 bits per heavy atom. The van der Waals surface area contributed by atoms with Crippen molar-refractivity contribution in [3.8, 4) is 11.4 Å². The van der Waals surface area contributed by atoms with E-state index in [1.54, 1.807) is 6.20 Å². The Hall–Kier alpha value is -2.36. The van der Waals surface area contributed by atoms with Crippen LogP contribution in [0, 0.1) is 0 Å². The van der Waals surface area contributed by atoms with Crippen LogP contribution >= 0.6 is 0 Å². The van der Waals surface area contributed by atoms with Gasteiger partial charge < -0.3 is 10.1 Å². The summed E-state index contributed by atoms with van der Waals surface area (Å²) in [7, 11) is 0. The Morgan fingerprint density at radius 1 is 1.31 bits per heavy atom. The third-order valence-electron chi connectivity index (χ3n) is 2.05. The largest absolute Gasteiger partial charge is 0.478 e. The van der Waals surface area contributed by atoms with E-state index in [4.69, 9.17) is 5.11 Å². The molecule has 1 aromatic carbocycles. The smallest absolute Gasteiger partial charge is 0.328 e. The molecule has 0 fully saturated rings. The Bertz CT molecular complexity index is 515. The molecule has 0 unspecified atom stereocenters. The van der Waals surface area contributed by atoms with Crippen LogP contribution in [0.1, 0.15) is 5.69 Å². The Kier molecular flexibility index (Phi) is 2.82. The summed E-state index contributed by atoms with van der Waals surface area (Å²) in [5.41, 5.74) is 1.64. The molecule has 2 N–H and O–H groups in total. The number of hydrogen-bond donors (Lipinski definition) is 2. The summed E-state index contributed by atoms with van der Waals surface area (Å²) < 4.78 is 0. The monoisotopic (exact) mass is 214 g/mol. The number of nitrogens with one attached hydrogen (secondary N) is 1. The first-order chi connectivity index (χ1) is 7.75. The van der Waals surface area contributed by atoms with Gasteiger partial charge >= 0.3 is 5.97 Å². The van der Waals surface area contributed by atoms with Crippen molar-refractivity contribution >= 4 is 12.0 Å². The first-order valence-electron chi connectivity index (χ1n) is 4.77. The molecule has 0 saturated heterocycles. The maximum absolute atomic E-state index is 10.3. The molecule has 2 rings (SSSR count). The Morgan fingerprint density at radius 3 is 2.75 bits per heavy atom. The highest BCUT2D eigenvalue weighted by molar-refractivity contribution is 5.84. The van der Waals surface area contributed by atoms with Gasteiger partial charge in [0.1, 0.15) is 5.82 Å².